The summed E-state index contributed by atoms with van der Waals surface area (Å²) in [6.07, 6.45) is 4.97. The van der Waals surface area contributed by atoms with E-state index in [4.69, 9.17) is 0 Å². The van der Waals surface area contributed by atoms with Crippen molar-refractivity contribution in [2.24, 2.45) is 0 Å². The molecule has 0 bridgehead atoms. The Hall–Kier alpha value is -2.09. The molecule has 120 valence electrons. The number of hydrogen-bond donors (Lipinski definition) is 1. The highest BCUT2D eigenvalue weighted by Gasteiger charge is 2.14. The first-order chi connectivity index (χ1) is 11.1. The zero-order valence-corrected chi connectivity index (χ0v) is 14.1. The average Bonchev–Trinajstić information content (AvgIpc) is 3.02. The van der Waals surface area contributed by atoms with Crippen molar-refractivity contribution in [2.45, 2.75) is 52.0 Å². The lowest BCUT2D eigenvalue weighted by Crippen LogP contribution is -2.26. The lowest BCUT2D eigenvalue weighted by molar-refractivity contribution is -0.121. The van der Waals surface area contributed by atoms with Crippen molar-refractivity contribution in [3.8, 4) is 0 Å². The number of benzene rings is 2. The maximum atomic E-state index is 12.2. The van der Waals surface area contributed by atoms with Gasteiger partial charge in [-0.1, -0.05) is 48.0 Å². The van der Waals surface area contributed by atoms with Gasteiger partial charge in [-0.25, -0.2) is 0 Å². The molecule has 1 aliphatic carbocycles. The molecular formula is C21H25NO. The summed E-state index contributed by atoms with van der Waals surface area (Å²) in [5.41, 5.74) is 6.63. The van der Waals surface area contributed by atoms with E-state index in [0.717, 1.165) is 6.42 Å². The van der Waals surface area contributed by atoms with Crippen LogP contribution in [0.3, 0.4) is 0 Å². The van der Waals surface area contributed by atoms with Crippen LogP contribution in [0.15, 0.2) is 42.5 Å². The van der Waals surface area contributed by atoms with E-state index in [1.54, 1.807) is 0 Å². The topological polar surface area (TPSA) is 29.1 Å². The highest BCUT2D eigenvalue weighted by molar-refractivity contribution is 5.76. The van der Waals surface area contributed by atoms with Crippen molar-refractivity contribution in [3.63, 3.8) is 0 Å². The number of rotatable bonds is 5. The van der Waals surface area contributed by atoms with Crippen LogP contribution in [0.2, 0.25) is 0 Å². The van der Waals surface area contributed by atoms with Crippen LogP contribution in [0, 0.1) is 6.92 Å². The number of amides is 1. The lowest BCUT2D eigenvalue weighted by Gasteiger charge is -2.15. The van der Waals surface area contributed by atoms with Crippen molar-refractivity contribution in [1.82, 2.24) is 5.32 Å². The monoisotopic (exact) mass is 307 g/mol. The Morgan fingerprint density at radius 2 is 1.83 bits per heavy atom. The Balaban J connectivity index is 1.54. The van der Waals surface area contributed by atoms with E-state index in [2.05, 4.69) is 61.6 Å². The molecule has 0 unspecified atom stereocenters. The Labute approximate surface area is 138 Å². The van der Waals surface area contributed by atoms with Gasteiger partial charge in [0.25, 0.3) is 0 Å². The fraction of sp³-hybridized carbons (Fsp3) is 0.381. The summed E-state index contributed by atoms with van der Waals surface area (Å²) in [5.74, 6) is 0.124. The molecule has 1 atom stereocenters. The van der Waals surface area contributed by atoms with Crippen molar-refractivity contribution in [2.75, 3.05) is 0 Å². The summed E-state index contributed by atoms with van der Waals surface area (Å²) in [6, 6.07) is 15.1. The van der Waals surface area contributed by atoms with Crippen LogP contribution in [-0.2, 0) is 24.1 Å². The highest BCUT2D eigenvalue weighted by atomic mass is 16.1. The summed E-state index contributed by atoms with van der Waals surface area (Å²) in [7, 11) is 0. The van der Waals surface area contributed by atoms with Gasteiger partial charge in [-0.15, -0.1) is 0 Å². The average molecular weight is 307 g/mol. The number of hydrogen-bond acceptors (Lipinski definition) is 1. The zero-order valence-electron chi connectivity index (χ0n) is 14.1. The molecule has 1 N–H and O–H groups in total. The van der Waals surface area contributed by atoms with Crippen LogP contribution in [-0.4, -0.2) is 5.91 Å². The third kappa shape index (κ3) is 4.01. The van der Waals surface area contributed by atoms with Crippen molar-refractivity contribution >= 4 is 5.91 Å². The molecule has 0 fully saturated rings. The SMILES string of the molecule is Cc1ccc(CCC(=O)N[C@@H](C)c2ccc3c(c2)CCC3)cc1. The van der Waals surface area contributed by atoms with E-state index >= 15 is 0 Å². The molecule has 0 spiro atoms. The molecule has 2 aromatic carbocycles. The van der Waals surface area contributed by atoms with Gasteiger partial charge in [0.1, 0.15) is 0 Å². The standard InChI is InChI=1S/C21H25NO/c1-15-6-8-17(9-7-15)10-13-21(23)22-16(2)19-12-11-18-4-3-5-20(18)14-19/h6-9,11-12,14,16H,3-5,10,13H2,1-2H3,(H,22,23)/t16-/m0/s1. The summed E-state index contributed by atoms with van der Waals surface area (Å²) >= 11 is 0. The zero-order chi connectivity index (χ0) is 16.2. The molecule has 1 amide bonds. The van der Waals surface area contributed by atoms with Crippen LogP contribution in [0.25, 0.3) is 0 Å². The van der Waals surface area contributed by atoms with Gasteiger partial charge >= 0.3 is 0 Å². The molecular weight excluding hydrogens is 282 g/mol. The molecule has 23 heavy (non-hydrogen) atoms. The smallest absolute Gasteiger partial charge is 0.220 e. The largest absolute Gasteiger partial charge is 0.350 e. The molecule has 0 saturated heterocycles. The minimum absolute atomic E-state index is 0.0754. The molecule has 1 aliphatic rings. The summed E-state index contributed by atoms with van der Waals surface area (Å²) < 4.78 is 0. The van der Waals surface area contributed by atoms with Gasteiger partial charge in [-0.2, -0.15) is 0 Å². The predicted molar refractivity (Wildman–Crippen MR) is 94.5 cm³/mol. The maximum Gasteiger partial charge on any atom is 0.220 e. The van der Waals surface area contributed by atoms with E-state index in [1.165, 1.54) is 47.1 Å². The number of fused-ring (bicyclic) bond motifs is 1. The second kappa shape index (κ2) is 6.99. The Morgan fingerprint density at radius 1 is 1.09 bits per heavy atom. The molecule has 2 nitrogen and oxygen atoms in total. The number of carbonyl (C=O) groups is 1. The second-order valence-corrected chi connectivity index (χ2v) is 6.66. The van der Waals surface area contributed by atoms with E-state index in [1.807, 2.05) is 0 Å². The van der Waals surface area contributed by atoms with Crippen LogP contribution in [0.4, 0.5) is 0 Å². The van der Waals surface area contributed by atoms with Crippen molar-refractivity contribution in [3.05, 3.63) is 70.3 Å². The summed E-state index contributed by atoms with van der Waals surface area (Å²) in [6.45, 7) is 4.15. The third-order valence-corrected chi connectivity index (χ3v) is 4.76. The van der Waals surface area contributed by atoms with Gasteiger partial charge < -0.3 is 5.32 Å². The fourth-order valence-electron chi connectivity index (χ4n) is 3.27. The van der Waals surface area contributed by atoms with E-state index in [9.17, 15) is 4.79 Å². The molecule has 0 radical (unpaired) electrons. The molecule has 0 saturated carbocycles. The molecule has 3 rings (SSSR count). The van der Waals surface area contributed by atoms with Crippen LogP contribution in [0.5, 0.6) is 0 Å². The predicted octanol–water partition coefficient (Wildman–Crippen LogP) is 4.29. The quantitative estimate of drug-likeness (QED) is 0.877. The van der Waals surface area contributed by atoms with Gasteiger partial charge in [0.05, 0.1) is 6.04 Å². The van der Waals surface area contributed by atoms with Gasteiger partial charge in [0.2, 0.25) is 5.91 Å². The Morgan fingerprint density at radius 3 is 2.61 bits per heavy atom. The normalized spacial score (nSPS) is 14.3. The van der Waals surface area contributed by atoms with Crippen molar-refractivity contribution in [1.29, 1.82) is 0 Å². The fourth-order valence-corrected chi connectivity index (χ4v) is 3.27. The second-order valence-electron chi connectivity index (χ2n) is 6.66. The van der Waals surface area contributed by atoms with Crippen LogP contribution in [0.1, 0.15) is 53.6 Å². The van der Waals surface area contributed by atoms with Gasteiger partial charge in [-0.3, -0.25) is 4.79 Å². The van der Waals surface area contributed by atoms with E-state index < -0.39 is 0 Å². The number of carbonyl (C=O) groups excluding carboxylic acids is 1. The number of aryl methyl sites for hydroxylation is 4. The molecule has 0 aliphatic heterocycles. The summed E-state index contributed by atoms with van der Waals surface area (Å²) in [5, 5.41) is 3.13. The highest BCUT2D eigenvalue weighted by Crippen LogP contribution is 2.25. The van der Waals surface area contributed by atoms with Gasteiger partial charge in [0.15, 0.2) is 0 Å². The minimum atomic E-state index is 0.0754. The van der Waals surface area contributed by atoms with Gasteiger partial charge in [-0.05, 0) is 61.8 Å². The first kappa shape index (κ1) is 15.8. The third-order valence-electron chi connectivity index (χ3n) is 4.76. The lowest BCUT2D eigenvalue weighted by atomic mass is 10.0. The Bertz CT molecular complexity index is 687. The van der Waals surface area contributed by atoms with Gasteiger partial charge in [0, 0.05) is 6.42 Å². The van der Waals surface area contributed by atoms with Crippen LogP contribution >= 0.6 is 0 Å². The summed E-state index contributed by atoms with van der Waals surface area (Å²) in [4.78, 5) is 12.2. The van der Waals surface area contributed by atoms with Crippen molar-refractivity contribution < 1.29 is 4.79 Å². The van der Waals surface area contributed by atoms with E-state index in [-0.39, 0.29) is 11.9 Å². The minimum Gasteiger partial charge on any atom is -0.350 e. The molecule has 2 heteroatoms. The molecule has 0 aromatic heterocycles. The Kier molecular flexibility index (Phi) is 4.80. The van der Waals surface area contributed by atoms with Crippen LogP contribution < -0.4 is 5.32 Å². The molecule has 0 heterocycles. The first-order valence-electron chi connectivity index (χ1n) is 8.58. The maximum absolute atomic E-state index is 12.2. The first-order valence-corrected chi connectivity index (χ1v) is 8.58. The number of nitrogens with one attached hydrogen (secondary N) is 1. The van der Waals surface area contributed by atoms with E-state index in [0.29, 0.717) is 6.42 Å². The molecule has 2 aromatic rings.